The summed E-state index contributed by atoms with van der Waals surface area (Å²) in [7, 11) is 0. The first-order valence-corrected chi connectivity index (χ1v) is 4.22. The van der Waals surface area contributed by atoms with E-state index in [-0.39, 0.29) is 0 Å². The first-order chi connectivity index (χ1) is 6.36. The number of aldehydes is 1. The van der Waals surface area contributed by atoms with E-state index in [1.54, 1.807) is 6.20 Å². The minimum Gasteiger partial charge on any atom is -0.303 e. The van der Waals surface area contributed by atoms with Gasteiger partial charge < -0.3 is 4.79 Å². The molecule has 0 aliphatic heterocycles. The van der Waals surface area contributed by atoms with Crippen molar-refractivity contribution in [2.75, 3.05) is 0 Å². The highest BCUT2D eigenvalue weighted by Gasteiger charge is 1.93. The molecule has 0 bridgehead atoms. The Morgan fingerprint density at radius 1 is 1.54 bits per heavy atom. The van der Waals surface area contributed by atoms with Gasteiger partial charge in [0.05, 0.1) is 0 Å². The average molecular weight is 173 g/mol. The van der Waals surface area contributed by atoms with Gasteiger partial charge in [-0.3, -0.25) is 0 Å². The largest absolute Gasteiger partial charge is 0.303 e. The fraction of sp³-hybridized carbons (Fsp3) is 0.273. The van der Waals surface area contributed by atoms with Crippen molar-refractivity contribution in [3.63, 3.8) is 0 Å². The van der Waals surface area contributed by atoms with Gasteiger partial charge in [0.2, 0.25) is 0 Å². The number of aromatic nitrogens is 1. The van der Waals surface area contributed by atoms with E-state index in [9.17, 15) is 4.79 Å². The van der Waals surface area contributed by atoms with Crippen LogP contribution >= 0.6 is 0 Å². The molecule has 0 saturated heterocycles. The second-order valence-corrected chi connectivity index (χ2v) is 2.75. The second kappa shape index (κ2) is 5.10. The number of carbonyl (C=O) groups is 1. The van der Waals surface area contributed by atoms with E-state index >= 15 is 0 Å². The molecular weight excluding hydrogens is 162 g/mol. The van der Waals surface area contributed by atoms with Crippen LogP contribution in [-0.2, 0) is 11.2 Å². The third-order valence-electron chi connectivity index (χ3n) is 1.76. The second-order valence-electron chi connectivity index (χ2n) is 2.75. The van der Waals surface area contributed by atoms with Crippen molar-refractivity contribution < 1.29 is 4.79 Å². The molecule has 0 aromatic carbocycles. The predicted molar refractivity (Wildman–Crippen MR) is 51.2 cm³/mol. The van der Waals surface area contributed by atoms with E-state index < -0.39 is 0 Å². The molecule has 13 heavy (non-hydrogen) atoms. The Morgan fingerprint density at radius 2 is 2.38 bits per heavy atom. The molecule has 1 aromatic rings. The monoisotopic (exact) mass is 173 g/mol. The molecule has 0 unspecified atom stereocenters. The number of carbonyl (C=O) groups excluding carboxylic acids is 1. The van der Waals surface area contributed by atoms with E-state index in [0.717, 1.165) is 24.7 Å². The number of hydrogen-bond acceptors (Lipinski definition) is 2. The van der Waals surface area contributed by atoms with Crippen molar-refractivity contribution >= 4 is 6.29 Å². The third-order valence-corrected chi connectivity index (χ3v) is 1.76. The highest BCUT2D eigenvalue weighted by Crippen LogP contribution is 2.03. The Hall–Kier alpha value is -1.62. The smallest absolute Gasteiger partial charge is 0.120 e. The minimum atomic E-state index is 0.608. The van der Waals surface area contributed by atoms with Crippen LogP contribution in [0.2, 0.25) is 0 Å². The third kappa shape index (κ3) is 3.08. The Balaban J connectivity index is 2.50. The zero-order valence-corrected chi connectivity index (χ0v) is 7.36. The van der Waals surface area contributed by atoms with Gasteiger partial charge in [-0.25, -0.2) is 4.98 Å². The molecule has 0 aliphatic carbocycles. The lowest BCUT2D eigenvalue weighted by atomic mass is 10.1. The molecule has 0 N–H and O–H groups in total. The Labute approximate surface area is 78.0 Å². The summed E-state index contributed by atoms with van der Waals surface area (Å²) in [6, 6.07) is 3.77. The van der Waals surface area contributed by atoms with E-state index in [4.69, 9.17) is 6.42 Å². The zero-order valence-electron chi connectivity index (χ0n) is 7.36. The minimum absolute atomic E-state index is 0.608. The summed E-state index contributed by atoms with van der Waals surface area (Å²) in [5.41, 5.74) is 1.78. The van der Waals surface area contributed by atoms with E-state index in [2.05, 4.69) is 10.9 Å². The summed E-state index contributed by atoms with van der Waals surface area (Å²) in [5, 5.41) is 0. The van der Waals surface area contributed by atoms with Gasteiger partial charge in [-0.2, -0.15) is 0 Å². The molecule has 0 aliphatic rings. The molecule has 0 fully saturated rings. The maximum atomic E-state index is 10.1. The van der Waals surface area contributed by atoms with Gasteiger partial charge in [-0.1, -0.05) is 12.0 Å². The van der Waals surface area contributed by atoms with Gasteiger partial charge in [0.15, 0.2) is 0 Å². The molecule has 0 radical (unpaired) electrons. The van der Waals surface area contributed by atoms with Crippen LogP contribution in [0, 0.1) is 12.3 Å². The number of aryl methyl sites for hydroxylation is 1. The number of nitrogens with zero attached hydrogens (tertiary/aromatic N) is 1. The van der Waals surface area contributed by atoms with E-state index in [1.165, 1.54) is 0 Å². The number of terminal acetylenes is 1. The van der Waals surface area contributed by atoms with Crippen LogP contribution in [0.25, 0.3) is 0 Å². The fourth-order valence-corrected chi connectivity index (χ4v) is 1.05. The van der Waals surface area contributed by atoms with Crippen LogP contribution in [0.1, 0.15) is 24.1 Å². The molecule has 0 spiro atoms. The van der Waals surface area contributed by atoms with Crippen LogP contribution in [0.4, 0.5) is 0 Å². The standard InChI is InChI=1S/C11H11NO/c1-2-11-7-6-10(9-12-11)5-3-4-8-13/h1,6-9H,3-5H2. The van der Waals surface area contributed by atoms with Crippen molar-refractivity contribution in [1.82, 2.24) is 4.98 Å². The first-order valence-electron chi connectivity index (χ1n) is 4.22. The predicted octanol–water partition coefficient (Wildman–Crippen LogP) is 1.58. The van der Waals surface area contributed by atoms with Gasteiger partial charge in [-0.05, 0) is 24.5 Å². The maximum Gasteiger partial charge on any atom is 0.120 e. The Kier molecular flexibility index (Phi) is 3.72. The number of hydrogen-bond donors (Lipinski definition) is 0. The highest BCUT2D eigenvalue weighted by molar-refractivity contribution is 5.49. The van der Waals surface area contributed by atoms with Crippen LogP contribution in [-0.4, -0.2) is 11.3 Å². The SMILES string of the molecule is C#Cc1ccc(CCCC=O)cn1. The van der Waals surface area contributed by atoms with Crippen molar-refractivity contribution in [2.45, 2.75) is 19.3 Å². The average Bonchev–Trinajstić information content (AvgIpc) is 2.19. The lowest BCUT2D eigenvalue weighted by Gasteiger charge is -1.97. The molecule has 0 amide bonds. The van der Waals surface area contributed by atoms with E-state index in [1.807, 2.05) is 12.1 Å². The van der Waals surface area contributed by atoms with Crippen LogP contribution in [0.15, 0.2) is 18.3 Å². The lowest BCUT2D eigenvalue weighted by Crippen LogP contribution is -1.89. The van der Waals surface area contributed by atoms with Crippen LogP contribution in [0.3, 0.4) is 0 Å². The van der Waals surface area contributed by atoms with Crippen molar-refractivity contribution in [1.29, 1.82) is 0 Å². The molecular formula is C11H11NO. The molecule has 1 heterocycles. The molecule has 2 heteroatoms. The van der Waals surface area contributed by atoms with Crippen LogP contribution < -0.4 is 0 Å². The number of pyridine rings is 1. The van der Waals surface area contributed by atoms with Gasteiger partial charge in [0.1, 0.15) is 12.0 Å². The van der Waals surface area contributed by atoms with Gasteiger partial charge in [0, 0.05) is 12.6 Å². The summed E-state index contributed by atoms with van der Waals surface area (Å²) in [5.74, 6) is 2.45. The van der Waals surface area contributed by atoms with E-state index in [0.29, 0.717) is 12.1 Å². The summed E-state index contributed by atoms with van der Waals surface area (Å²) in [6.45, 7) is 0. The first kappa shape index (κ1) is 9.47. The Morgan fingerprint density at radius 3 is 2.92 bits per heavy atom. The molecule has 2 nitrogen and oxygen atoms in total. The number of rotatable bonds is 4. The lowest BCUT2D eigenvalue weighted by molar-refractivity contribution is -0.107. The summed E-state index contributed by atoms with van der Waals surface area (Å²) < 4.78 is 0. The maximum absolute atomic E-state index is 10.1. The summed E-state index contributed by atoms with van der Waals surface area (Å²) >= 11 is 0. The fourth-order valence-electron chi connectivity index (χ4n) is 1.05. The molecule has 0 saturated carbocycles. The quantitative estimate of drug-likeness (QED) is 0.393. The van der Waals surface area contributed by atoms with Gasteiger partial charge in [-0.15, -0.1) is 6.42 Å². The van der Waals surface area contributed by atoms with Crippen molar-refractivity contribution in [2.24, 2.45) is 0 Å². The van der Waals surface area contributed by atoms with Gasteiger partial charge >= 0.3 is 0 Å². The van der Waals surface area contributed by atoms with Crippen LogP contribution in [0.5, 0.6) is 0 Å². The molecule has 0 atom stereocenters. The normalized spacial score (nSPS) is 9.15. The molecule has 66 valence electrons. The summed E-state index contributed by atoms with van der Waals surface area (Å²) in [6.07, 6.45) is 10.2. The van der Waals surface area contributed by atoms with Gasteiger partial charge in [0.25, 0.3) is 0 Å². The summed E-state index contributed by atoms with van der Waals surface area (Å²) in [4.78, 5) is 14.1. The van der Waals surface area contributed by atoms with Crippen molar-refractivity contribution in [3.8, 4) is 12.3 Å². The molecule has 1 rings (SSSR count). The Bertz CT molecular complexity index is 308. The van der Waals surface area contributed by atoms with Crippen molar-refractivity contribution in [3.05, 3.63) is 29.6 Å². The number of unbranched alkanes of at least 4 members (excludes halogenated alkanes) is 1. The zero-order chi connectivity index (χ0) is 9.52. The highest BCUT2D eigenvalue weighted by atomic mass is 16.1. The molecule has 1 aromatic heterocycles. The topological polar surface area (TPSA) is 30.0 Å².